The average molecular weight is 409 g/mol. The van der Waals surface area contributed by atoms with E-state index in [1.165, 1.54) is 17.3 Å². The molecule has 5 heteroatoms. The molecule has 0 aliphatic heterocycles. The zero-order valence-corrected chi connectivity index (χ0v) is 18.4. The van der Waals surface area contributed by atoms with Crippen molar-refractivity contribution in [1.29, 1.82) is 5.26 Å². The summed E-state index contributed by atoms with van der Waals surface area (Å²) in [6.07, 6.45) is 4.19. The molecule has 1 heterocycles. The van der Waals surface area contributed by atoms with Gasteiger partial charge in [-0.1, -0.05) is 39.0 Å². The van der Waals surface area contributed by atoms with Crippen LogP contribution in [0.1, 0.15) is 60.8 Å². The van der Waals surface area contributed by atoms with Crippen LogP contribution in [0.3, 0.4) is 0 Å². The minimum absolute atomic E-state index is 0.0193. The van der Waals surface area contributed by atoms with E-state index in [0.29, 0.717) is 27.5 Å². The van der Waals surface area contributed by atoms with E-state index < -0.39 is 0 Å². The molecule has 2 aromatic rings. The molecule has 0 spiro atoms. The summed E-state index contributed by atoms with van der Waals surface area (Å²) in [6.45, 7) is 6.90. The molecule has 1 aromatic heterocycles. The number of carbonyl (C=O) groups is 1. The number of carbonyl (C=O) groups excluding carboxylic acids is 1. The lowest BCUT2D eigenvalue weighted by Gasteiger charge is -2.37. The van der Waals surface area contributed by atoms with Gasteiger partial charge >= 0.3 is 0 Å². The number of hydrogen-bond acceptors (Lipinski definition) is 5. The second kappa shape index (κ2) is 9.00. The summed E-state index contributed by atoms with van der Waals surface area (Å²) in [5.41, 5.74) is 3.80. The molecule has 3 rings (SSSR count). The second-order valence-electron chi connectivity index (χ2n) is 8.28. The van der Waals surface area contributed by atoms with Crippen LogP contribution >= 0.6 is 11.8 Å². The van der Waals surface area contributed by atoms with Gasteiger partial charge in [0, 0.05) is 11.3 Å². The number of aromatic nitrogens is 1. The van der Waals surface area contributed by atoms with Gasteiger partial charge in [-0.05, 0) is 66.5 Å². The van der Waals surface area contributed by atoms with Crippen LogP contribution in [0.5, 0.6) is 5.75 Å². The van der Waals surface area contributed by atoms with Crippen molar-refractivity contribution in [3.63, 3.8) is 0 Å². The first kappa shape index (κ1) is 21.4. The highest BCUT2D eigenvalue weighted by molar-refractivity contribution is 8.00. The number of nitriles is 1. The number of ketones is 1. The van der Waals surface area contributed by atoms with Crippen LogP contribution in [0.2, 0.25) is 0 Å². The lowest BCUT2D eigenvalue weighted by Crippen LogP contribution is -2.29. The van der Waals surface area contributed by atoms with Gasteiger partial charge < -0.3 is 4.74 Å². The Morgan fingerprint density at radius 2 is 2.07 bits per heavy atom. The minimum Gasteiger partial charge on any atom is -0.497 e. The summed E-state index contributed by atoms with van der Waals surface area (Å²) < 4.78 is 5.13. The van der Waals surface area contributed by atoms with Gasteiger partial charge in [-0.3, -0.25) is 4.79 Å². The number of thioether (sulfide) groups is 1. The summed E-state index contributed by atoms with van der Waals surface area (Å²) in [5, 5.41) is 10.3. The summed E-state index contributed by atoms with van der Waals surface area (Å²) in [5.74, 6) is 1.62. The summed E-state index contributed by atoms with van der Waals surface area (Å²) in [4.78, 5) is 17.3. The number of methoxy groups -OCH3 is 1. The van der Waals surface area contributed by atoms with Gasteiger partial charge in [0.05, 0.1) is 18.4 Å². The maximum absolute atomic E-state index is 12.5. The highest BCUT2D eigenvalue weighted by Gasteiger charge is 2.32. The Hall–Kier alpha value is -2.32. The van der Waals surface area contributed by atoms with Crippen LogP contribution in [0, 0.1) is 22.7 Å². The van der Waals surface area contributed by atoms with Crippen molar-refractivity contribution >= 4 is 17.5 Å². The van der Waals surface area contributed by atoms with Crippen LogP contribution < -0.4 is 4.74 Å². The van der Waals surface area contributed by atoms with Crippen molar-refractivity contribution in [2.45, 2.75) is 51.5 Å². The number of benzene rings is 1. The van der Waals surface area contributed by atoms with E-state index >= 15 is 0 Å². The van der Waals surface area contributed by atoms with Crippen LogP contribution in [-0.4, -0.2) is 23.6 Å². The number of fused-ring (bicyclic) bond motifs is 1. The second-order valence-corrected chi connectivity index (χ2v) is 9.24. The molecule has 0 saturated carbocycles. The summed E-state index contributed by atoms with van der Waals surface area (Å²) in [7, 11) is 1.60. The molecule has 0 unspecified atom stereocenters. The number of hydrogen-bond donors (Lipinski definition) is 0. The van der Waals surface area contributed by atoms with Crippen LogP contribution in [0.25, 0.3) is 0 Å². The van der Waals surface area contributed by atoms with E-state index in [1.807, 2.05) is 6.07 Å². The Morgan fingerprint density at radius 3 is 2.69 bits per heavy atom. The smallest absolute Gasteiger partial charge is 0.173 e. The Labute approximate surface area is 177 Å². The first-order valence-corrected chi connectivity index (χ1v) is 11.1. The maximum atomic E-state index is 12.5. The van der Waals surface area contributed by atoms with E-state index in [2.05, 4.69) is 26.8 Å². The van der Waals surface area contributed by atoms with E-state index in [9.17, 15) is 10.1 Å². The number of rotatable bonds is 7. The molecule has 0 N–H and O–H groups in total. The van der Waals surface area contributed by atoms with Crippen molar-refractivity contribution in [2.24, 2.45) is 11.3 Å². The third-order valence-corrected chi connectivity index (χ3v) is 7.23. The van der Waals surface area contributed by atoms with Gasteiger partial charge in [0.2, 0.25) is 0 Å². The molecular formula is C24H28N2O2S. The van der Waals surface area contributed by atoms with E-state index in [4.69, 9.17) is 9.72 Å². The van der Waals surface area contributed by atoms with Gasteiger partial charge in [0.15, 0.2) is 5.78 Å². The minimum atomic E-state index is 0.0193. The number of Topliss-reactive ketones (excluding diaryl/α,β-unsaturated/α-hetero) is 1. The van der Waals surface area contributed by atoms with E-state index in [0.717, 1.165) is 37.1 Å². The SMILES string of the molecule is CCC(C)(C)[C@H]1CCc2nc(SCC(=O)c3ccc(OC)cc3)c(C#N)cc2C1. The lowest BCUT2D eigenvalue weighted by molar-refractivity contribution is 0.102. The molecule has 1 aliphatic carbocycles. The quantitative estimate of drug-likeness (QED) is 0.448. The third-order valence-electron chi connectivity index (χ3n) is 6.24. The molecule has 29 heavy (non-hydrogen) atoms. The van der Waals surface area contributed by atoms with Gasteiger partial charge in [-0.15, -0.1) is 0 Å². The predicted octanol–water partition coefficient (Wildman–Crippen LogP) is 5.48. The predicted molar refractivity (Wildman–Crippen MR) is 117 cm³/mol. The molecule has 0 fully saturated rings. The number of pyridine rings is 1. The summed E-state index contributed by atoms with van der Waals surface area (Å²) >= 11 is 1.35. The standard InChI is InChI=1S/C24H28N2O2S/c1-5-24(2,3)19-8-11-21-17(13-19)12-18(14-25)23(26-21)29-15-22(27)16-6-9-20(28-4)10-7-16/h6-7,9-10,12,19H,5,8,11,13,15H2,1-4H3/t19-/m0/s1. The van der Waals surface area contributed by atoms with Crippen molar-refractivity contribution in [3.8, 4) is 11.8 Å². The van der Waals surface area contributed by atoms with Gasteiger partial charge in [-0.25, -0.2) is 4.98 Å². The fourth-order valence-corrected chi connectivity index (χ4v) is 4.65. The van der Waals surface area contributed by atoms with Crippen molar-refractivity contribution in [3.05, 3.63) is 52.7 Å². The molecular weight excluding hydrogens is 380 g/mol. The Morgan fingerprint density at radius 1 is 1.34 bits per heavy atom. The Balaban J connectivity index is 1.74. The zero-order valence-electron chi connectivity index (χ0n) is 17.6. The first-order chi connectivity index (χ1) is 13.9. The monoisotopic (exact) mass is 408 g/mol. The van der Waals surface area contributed by atoms with E-state index in [-0.39, 0.29) is 11.5 Å². The molecule has 0 amide bonds. The van der Waals surface area contributed by atoms with Crippen molar-refractivity contribution < 1.29 is 9.53 Å². The number of ether oxygens (including phenoxy) is 1. The maximum Gasteiger partial charge on any atom is 0.173 e. The normalized spacial score (nSPS) is 16.0. The molecule has 0 radical (unpaired) electrons. The third kappa shape index (κ3) is 4.82. The van der Waals surface area contributed by atoms with Gasteiger partial charge in [0.25, 0.3) is 0 Å². The van der Waals surface area contributed by atoms with E-state index in [1.54, 1.807) is 31.4 Å². The summed E-state index contributed by atoms with van der Waals surface area (Å²) in [6, 6.07) is 11.4. The number of nitrogens with zero attached hydrogens (tertiary/aromatic N) is 2. The fourth-order valence-electron chi connectivity index (χ4n) is 3.79. The van der Waals surface area contributed by atoms with Crippen LogP contribution in [0.15, 0.2) is 35.4 Å². The Bertz CT molecular complexity index is 929. The van der Waals surface area contributed by atoms with Crippen LogP contribution in [0.4, 0.5) is 0 Å². The molecule has 1 aromatic carbocycles. The Kier molecular flexibility index (Phi) is 6.64. The molecule has 1 aliphatic rings. The molecule has 0 bridgehead atoms. The average Bonchev–Trinajstić information content (AvgIpc) is 2.76. The van der Waals surface area contributed by atoms with Crippen molar-refractivity contribution in [2.75, 3.05) is 12.9 Å². The highest BCUT2D eigenvalue weighted by atomic mass is 32.2. The van der Waals surface area contributed by atoms with Crippen molar-refractivity contribution in [1.82, 2.24) is 4.98 Å². The highest BCUT2D eigenvalue weighted by Crippen LogP contribution is 2.40. The molecule has 152 valence electrons. The lowest BCUT2D eigenvalue weighted by atomic mass is 9.69. The molecule has 4 nitrogen and oxygen atoms in total. The largest absolute Gasteiger partial charge is 0.497 e. The molecule has 1 atom stereocenters. The molecule has 0 saturated heterocycles. The first-order valence-electron chi connectivity index (χ1n) is 10.1. The van der Waals surface area contributed by atoms with Crippen LogP contribution in [-0.2, 0) is 12.8 Å². The fraction of sp³-hybridized carbons (Fsp3) is 0.458. The van der Waals surface area contributed by atoms with Gasteiger partial charge in [0.1, 0.15) is 16.8 Å². The topological polar surface area (TPSA) is 63.0 Å². The van der Waals surface area contributed by atoms with Gasteiger partial charge in [-0.2, -0.15) is 5.26 Å². The zero-order chi connectivity index (χ0) is 21.0. The number of aryl methyl sites for hydroxylation is 1.